The zero-order valence-electron chi connectivity index (χ0n) is 12.7. The van der Waals surface area contributed by atoms with Crippen molar-refractivity contribution in [1.29, 1.82) is 0 Å². The largest absolute Gasteiger partial charge is 0.309 e. The van der Waals surface area contributed by atoms with Crippen LogP contribution >= 0.6 is 0 Å². The van der Waals surface area contributed by atoms with Gasteiger partial charge in [0.25, 0.3) is 0 Å². The lowest BCUT2D eigenvalue weighted by Crippen LogP contribution is -2.45. The number of likely N-dealkylation sites (tertiary alicyclic amines) is 1. The molecule has 0 bridgehead atoms. The molecule has 1 atom stereocenters. The minimum Gasteiger partial charge on any atom is -0.309 e. The van der Waals surface area contributed by atoms with Gasteiger partial charge in [-0.1, -0.05) is 19.3 Å². The van der Waals surface area contributed by atoms with Crippen LogP contribution in [-0.4, -0.2) is 60.9 Å². The predicted molar refractivity (Wildman–Crippen MR) is 78.3 cm³/mol. The molecule has 0 aromatic heterocycles. The van der Waals surface area contributed by atoms with E-state index in [4.69, 9.17) is 0 Å². The Morgan fingerprint density at radius 3 is 2.55 bits per heavy atom. The van der Waals surface area contributed by atoms with Crippen molar-refractivity contribution in [2.24, 2.45) is 0 Å². The molecule has 0 aromatic carbocycles. The molecule has 0 radical (unpaired) electrons. The molecular formula is C15H27N3O2. The van der Waals surface area contributed by atoms with E-state index in [1.807, 2.05) is 14.1 Å². The quantitative estimate of drug-likeness (QED) is 0.583. The van der Waals surface area contributed by atoms with Crippen molar-refractivity contribution in [1.82, 2.24) is 15.1 Å². The molecule has 1 N–H and O–H groups in total. The molecule has 114 valence electrons. The van der Waals surface area contributed by atoms with Gasteiger partial charge in [-0.15, -0.1) is 0 Å². The van der Waals surface area contributed by atoms with E-state index in [9.17, 15) is 9.59 Å². The van der Waals surface area contributed by atoms with E-state index >= 15 is 0 Å². The van der Waals surface area contributed by atoms with E-state index in [1.54, 1.807) is 4.90 Å². The van der Waals surface area contributed by atoms with E-state index in [0.29, 0.717) is 6.42 Å². The number of amides is 2. The van der Waals surface area contributed by atoms with Gasteiger partial charge < -0.3 is 10.2 Å². The number of hydrogen-bond acceptors (Lipinski definition) is 4. The summed E-state index contributed by atoms with van der Waals surface area (Å²) in [4.78, 5) is 28.1. The molecule has 0 aromatic rings. The molecule has 5 heteroatoms. The molecule has 2 amide bonds. The van der Waals surface area contributed by atoms with Crippen molar-refractivity contribution in [2.45, 2.75) is 57.0 Å². The average Bonchev–Trinajstić information content (AvgIpc) is 2.70. The van der Waals surface area contributed by atoms with Crippen molar-refractivity contribution in [3.8, 4) is 0 Å². The van der Waals surface area contributed by atoms with E-state index in [-0.39, 0.29) is 23.9 Å². The second-order valence-electron chi connectivity index (χ2n) is 6.26. The first-order valence-corrected chi connectivity index (χ1v) is 7.83. The Morgan fingerprint density at radius 1 is 1.20 bits per heavy atom. The Hall–Kier alpha value is -0.940. The zero-order valence-corrected chi connectivity index (χ0v) is 12.7. The van der Waals surface area contributed by atoms with Crippen LogP contribution in [0.25, 0.3) is 0 Å². The number of carbonyl (C=O) groups is 2. The molecular weight excluding hydrogens is 254 g/mol. The Morgan fingerprint density at radius 2 is 1.90 bits per heavy atom. The Bertz CT molecular complexity index is 351. The molecule has 1 unspecified atom stereocenters. The summed E-state index contributed by atoms with van der Waals surface area (Å²) in [6, 6.07) is -0.121. The number of nitrogens with one attached hydrogen (secondary N) is 1. The van der Waals surface area contributed by atoms with Crippen LogP contribution in [0, 0.1) is 0 Å². The number of rotatable bonds is 6. The van der Waals surface area contributed by atoms with Crippen LogP contribution in [0.3, 0.4) is 0 Å². The molecule has 0 spiro atoms. The average molecular weight is 281 g/mol. The van der Waals surface area contributed by atoms with E-state index in [1.165, 1.54) is 6.42 Å². The maximum absolute atomic E-state index is 12.4. The number of imide groups is 1. The predicted octanol–water partition coefficient (Wildman–Crippen LogP) is 0.988. The summed E-state index contributed by atoms with van der Waals surface area (Å²) >= 11 is 0. The Labute approximate surface area is 121 Å². The number of carbonyl (C=O) groups excluding carboxylic acids is 2. The standard InChI is InChI=1S/C15H27N3O2/c1-17(2)10-6-9-16-13-11-14(19)18(15(13)20)12-7-4-3-5-8-12/h12-13,16H,3-11H2,1-2H3. The summed E-state index contributed by atoms with van der Waals surface area (Å²) in [5.74, 6) is 0.0266. The van der Waals surface area contributed by atoms with Gasteiger partial charge in [-0.05, 0) is 46.4 Å². The van der Waals surface area contributed by atoms with Gasteiger partial charge in [0.2, 0.25) is 11.8 Å². The molecule has 1 heterocycles. The molecule has 1 saturated heterocycles. The van der Waals surface area contributed by atoms with Crippen molar-refractivity contribution in [2.75, 3.05) is 27.2 Å². The van der Waals surface area contributed by atoms with Gasteiger partial charge in [-0.25, -0.2) is 0 Å². The summed E-state index contributed by atoms with van der Waals surface area (Å²) in [5, 5.41) is 3.25. The first-order chi connectivity index (χ1) is 9.59. The van der Waals surface area contributed by atoms with Crippen LogP contribution in [0.15, 0.2) is 0 Å². The van der Waals surface area contributed by atoms with Gasteiger partial charge in [0.1, 0.15) is 0 Å². The lowest BCUT2D eigenvalue weighted by molar-refractivity contribution is -0.142. The molecule has 2 aliphatic rings. The fraction of sp³-hybridized carbons (Fsp3) is 0.867. The molecule has 5 nitrogen and oxygen atoms in total. The van der Waals surface area contributed by atoms with Gasteiger partial charge in [0.15, 0.2) is 0 Å². The van der Waals surface area contributed by atoms with Gasteiger partial charge in [-0.2, -0.15) is 0 Å². The summed E-state index contributed by atoms with van der Waals surface area (Å²) < 4.78 is 0. The van der Waals surface area contributed by atoms with Gasteiger partial charge >= 0.3 is 0 Å². The molecule has 20 heavy (non-hydrogen) atoms. The van der Waals surface area contributed by atoms with Crippen LogP contribution in [0.2, 0.25) is 0 Å². The monoisotopic (exact) mass is 281 g/mol. The van der Waals surface area contributed by atoms with Crippen molar-refractivity contribution in [3.05, 3.63) is 0 Å². The van der Waals surface area contributed by atoms with Crippen molar-refractivity contribution in [3.63, 3.8) is 0 Å². The Kier molecular flexibility index (Phi) is 5.54. The van der Waals surface area contributed by atoms with Crippen LogP contribution in [-0.2, 0) is 9.59 Å². The van der Waals surface area contributed by atoms with Gasteiger partial charge in [0.05, 0.1) is 12.5 Å². The highest BCUT2D eigenvalue weighted by Crippen LogP contribution is 2.27. The van der Waals surface area contributed by atoms with Crippen LogP contribution < -0.4 is 5.32 Å². The molecule has 1 saturated carbocycles. The molecule has 1 aliphatic heterocycles. The summed E-state index contributed by atoms with van der Waals surface area (Å²) in [7, 11) is 4.07. The maximum Gasteiger partial charge on any atom is 0.247 e. The minimum atomic E-state index is -0.286. The molecule has 2 fully saturated rings. The van der Waals surface area contributed by atoms with Gasteiger partial charge in [0, 0.05) is 6.04 Å². The van der Waals surface area contributed by atoms with Crippen LogP contribution in [0.5, 0.6) is 0 Å². The fourth-order valence-corrected chi connectivity index (χ4v) is 3.20. The fourth-order valence-electron chi connectivity index (χ4n) is 3.20. The van der Waals surface area contributed by atoms with Crippen LogP contribution in [0.4, 0.5) is 0 Å². The third kappa shape index (κ3) is 3.79. The van der Waals surface area contributed by atoms with E-state index < -0.39 is 0 Å². The minimum absolute atomic E-state index is 0.00625. The SMILES string of the molecule is CN(C)CCCNC1CC(=O)N(C2CCCCC2)C1=O. The zero-order chi connectivity index (χ0) is 14.5. The number of hydrogen-bond donors (Lipinski definition) is 1. The highest BCUT2D eigenvalue weighted by molar-refractivity contribution is 6.05. The topological polar surface area (TPSA) is 52.7 Å². The molecule has 2 rings (SSSR count). The first kappa shape index (κ1) is 15.4. The summed E-state index contributed by atoms with van der Waals surface area (Å²) in [5.41, 5.74) is 0. The normalized spacial score (nSPS) is 24.9. The van der Waals surface area contributed by atoms with Crippen molar-refractivity contribution < 1.29 is 9.59 Å². The highest BCUT2D eigenvalue weighted by Gasteiger charge is 2.42. The summed E-state index contributed by atoms with van der Waals surface area (Å²) in [6.45, 7) is 1.79. The summed E-state index contributed by atoms with van der Waals surface area (Å²) in [6.07, 6.45) is 6.84. The second-order valence-corrected chi connectivity index (χ2v) is 6.26. The van der Waals surface area contributed by atoms with Gasteiger partial charge in [-0.3, -0.25) is 14.5 Å². The van der Waals surface area contributed by atoms with Crippen LogP contribution in [0.1, 0.15) is 44.9 Å². The van der Waals surface area contributed by atoms with E-state index in [2.05, 4.69) is 10.2 Å². The molecule has 1 aliphatic carbocycles. The number of nitrogens with zero attached hydrogens (tertiary/aromatic N) is 2. The lowest BCUT2D eigenvalue weighted by atomic mass is 9.94. The smallest absolute Gasteiger partial charge is 0.247 e. The third-order valence-electron chi connectivity index (χ3n) is 4.30. The lowest BCUT2D eigenvalue weighted by Gasteiger charge is -2.29. The highest BCUT2D eigenvalue weighted by atomic mass is 16.2. The van der Waals surface area contributed by atoms with Crippen molar-refractivity contribution >= 4 is 11.8 Å². The maximum atomic E-state index is 12.4. The first-order valence-electron chi connectivity index (χ1n) is 7.83. The van der Waals surface area contributed by atoms with E-state index in [0.717, 1.165) is 45.2 Å². The third-order valence-corrected chi connectivity index (χ3v) is 4.30. The Balaban J connectivity index is 1.81. The second kappa shape index (κ2) is 7.18.